The number of allylic oxidation sites excluding steroid dienone is 3. The maximum absolute atomic E-state index is 11.6. The summed E-state index contributed by atoms with van der Waals surface area (Å²) in [4.78, 5) is 24.6. The van der Waals surface area contributed by atoms with Crippen LogP contribution in [0.15, 0.2) is 24.3 Å². The zero-order chi connectivity index (χ0) is 13.5. The maximum atomic E-state index is 11.6. The van der Waals surface area contributed by atoms with Gasteiger partial charge in [-0.05, 0) is 32.3 Å². The van der Waals surface area contributed by atoms with E-state index in [9.17, 15) is 9.59 Å². The maximum Gasteiger partial charge on any atom is 0.254 e. The third-order valence-electron chi connectivity index (χ3n) is 2.72. The van der Waals surface area contributed by atoms with Crippen molar-refractivity contribution < 1.29 is 14.3 Å². The van der Waals surface area contributed by atoms with Crippen molar-refractivity contribution in [2.75, 3.05) is 14.1 Å². The van der Waals surface area contributed by atoms with Crippen LogP contribution >= 0.6 is 0 Å². The van der Waals surface area contributed by atoms with Gasteiger partial charge in [0.15, 0.2) is 18.0 Å². The first-order chi connectivity index (χ1) is 8.57. The molecular formula is C14H21NO3. The van der Waals surface area contributed by atoms with E-state index in [1.807, 2.05) is 19.1 Å². The van der Waals surface area contributed by atoms with Crippen molar-refractivity contribution in [3.05, 3.63) is 24.3 Å². The van der Waals surface area contributed by atoms with Gasteiger partial charge < -0.3 is 9.64 Å². The fraction of sp³-hybridized carbons (Fsp3) is 0.571. The monoisotopic (exact) mass is 251 g/mol. The van der Waals surface area contributed by atoms with Crippen LogP contribution in [0.3, 0.4) is 0 Å². The summed E-state index contributed by atoms with van der Waals surface area (Å²) in [6.07, 6.45) is 9.29. The summed E-state index contributed by atoms with van der Waals surface area (Å²) >= 11 is 0. The van der Waals surface area contributed by atoms with Crippen molar-refractivity contribution >= 4 is 11.7 Å². The van der Waals surface area contributed by atoms with Crippen molar-refractivity contribution in [2.45, 2.75) is 38.4 Å². The van der Waals surface area contributed by atoms with Crippen LogP contribution in [0.2, 0.25) is 0 Å². The molecule has 1 aliphatic rings. The number of ketones is 1. The molecule has 18 heavy (non-hydrogen) atoms. The molecule has 0 aromatic carbocycles. The number of carbonyl (C=O) groups excluding carboxylic acids is 2. The Balaban J connectivity index is 2.23. The molecular weight excluding hydrogens is 230 g/mol. The molecule has 4 heteroatoms. The molecule has 1 amide bonds. The molecule has 0 spiro atoms. The highest BCUT2D eigenvalue weighted by Crippen LogP contribution is 2.24. The zero-order valence-electron chi connectivity index (χ0n) is 11.3. The molecule has 1 aliphatic heterocycles. The quantitative estimate of drug-likeness (QED) is 0.299. The molecule has 2 unspecified atom stereocenters. The van der Waals surface area contributed by atoms with Gasteiger partial charge >= 0.3 is 0 Å². The summed E-state index contributed by atoms with van der Waals surface area (Å²) in [6.45, 7) is 1.99. The first-order valence-corrected chi connectivity index (χ1v) is 6.26. The minimum Gasteiger partial charge on any atom is -0.350 e. The Labute approximate surface area is 108 Å². The Hall–Kier alpha value is -1.42. The molecule has 0 radical (unpaired) electrons. The van der Waals surface area contributed by atoms with Crippen molar-refractivity contribution in [3.8, 4) is 0 Å². The number of likely N-dealkylation sites (N-methyl/N-ethyl adjacent to an activating group) is 1. The van der Waals surface area contributed by atoms with E-state index in [0.29, 0.717) is 0 Å². The van der Waals surface area contributed by atoms with E-state index >= 15 is 0 Å². The second-order valence-corrected chi connectivity index (χ2v) is 4.51. The molecule has 2 atom stereocenters. The molecule has 4 nitrogen and oxygen atoms in total. The standard InChI is InChI=1S/C14H21NO3/c1-4-5-6-7-8-9-10-11(16)12-13(18-12)14(17)15(2)3/h4-5,9-10,12-13H,6-8H2,1-3H3/b5-4?,10-9+. The molecule has 0 aromatic rings. The first kappa shape index (κ1) is 14.6. The normalized spacial score (nSPS) is 22.6. The Bertz CT molecular complexity index is 358. The number of rotatable bonds is 7. The van der Waals surface area contributed by atoms with Crippen molar-refractivity contribution in [1.29, 1.82) is 0 Å². The average Bonchev–Trinajstić information content (AvgIpc) is 3.12. The van der Waals surface area contributed by atoms with Gasteiger partial charge in [-0.1, -0.05) is 18.2 Å². The van der Waals surface area contributed by atoms with E-state index in [0.717, 1.165) is 19.3 Å². The van der Waals surface area contributed by atoms with Crippen LogP contribution in [0, 0.1) is 0 Å². The fourth-order valence-electron chi connectivity index (χ4n) is 1.59. The highest BCUT2D eigenvalue weighted by Gasteiger charge is 2.49. The molecule has 0 N–H and O–H groups in total. The third kappa shape index (κ3) is 4.45. The lowest BCUT2D eigenvalue weighted by atomic mass is 10.1. The van der Waals surface area contributed by atoms with Gasteiger partial charge in [0.2, 0.25) is 0 Å². The molecule has 1 fully saturated rings. The van der Waals surface area contributed by atoms with Crippen LogP contribution in [0.25, 0.3) is 0 Å². The lowest BCUT2D eigenvalue weighted by Gasteiger charge is -2.06. The van der Waals surface area contributed by atoms with Gasteiger partial charge in [-0.25, -0.2) is 0 Å². The summed E-state index contributed by atoms with van der Waals surface area (Å²) in [5.74, 6) is -0.254. The van der Waals surface area contributed by atoms with Gasteiger partial charge in [-0.15, -0.1) is 0 Å². The largest absolute Gasteiger partial charge is 0.350 e. The van der Waals surface area contributed by atoms with E-state index in [2.05, 4.69) is 6.08 Å². The Morgan fingerprint density at radius 3 is 2.44 bits per heavy atom. The Morgan fingerprint density at radius 1 is 1.17 bits per heavy atom. The average molecular weight is 251 g/mol. The summed E-state index contributed by atoms with van der Waals surface area (Å²) in [7, 11) is 3.31. The van der Waals surface area contributed by atoms with E-state index in [4.69, 9.17) is 4.74 Å². The SMILES string of the molecule is CC=CCCC/C=C/C(=O)C1OC1C(=O)N(C)C. The molecule has 0 saturated carbocycles. The predicted octanol–water partition coefficient (Wildman–Crippen LogP) is 1.71. The minimum absolute atomic E-state index is 0.110. The predicted molar refractivity (Wildman–Crippen MR) is 70.2 cm³/mol. The number of epoxide rings is 1. The number of unbranched alkanes of at least 4 members (excludes halogenated alkanes) is 2. The van der Waals surface area contributed by atoms with Gasteiger partial charge in [0, 0.05) is 14.1 Å². The molecule has 100 valence electrons. The summed E-state index contributed by atoms with van der Waals surface area (Å²) in [6, 6.07) is 0. The number of hydrogen-bond acceptors (Lipinski definition) is 3. The fourth-order valence-corrected chi connectivity index (χ4v) is 1.59. The Morgan fingerprint density at radius 2 is 1.83 bits per heavy atom. The van der Waals surface area contributed by atoms with Crippen molar-refractivity contribution in [2.24, 2.45) is 0 Å². The molecule has 1 rings (SSSR count). The summed E-state index contributed by atoms with van der Waals surface area (Å²) in [5, 5.41) is 0. The summed E-state index contributed by atoms with van der Waals surface area (Å²) in [5.41, 5.74) is 0. The van der Waals surface area contributed by atoms with Gasteiger partial charge in [0.1, 0.15) is 0 Å². The number of amides is 1. The molecule has 0 aliphatic carbocycles. The van der Waals surface area contributed by atoms with Gasteiger partial charge in [0.05, 0.1) is 0 Å². The molecule has 1 heterocycles. The third-order valence-corrected chi connectivity index (χ3v) is 2.72. The van der Waals surface area contributed by atoms with Crippen LogP contribution in [0.5, 0.6) is 0 Å². The topological polar surface area (TPSA) is 49.9 Å². The highest BCUT2D eigenvalue weighted by atomic mass is 16.6. The van der Waals surface area contributed by atoms with Gasteiger partial charge in [-0.2, -0.15) is 0 Å². The number of carbonyl (C=O) groups is 2. The van der Waals surface area contributed by atoms with Crippen LogP contribution in [-0.4, -0.2) is 42.9 Å². The van der Waals surface area contributed by atoms with E-state index < -0.39 is 12.2 Å². The van der Waals surface area contributed by atoms with Gasteiger partial charge in [-0.3, -0.25) is 9.59 Å². The van der Waals surface area contributed by atoms with Crippen LogP contribution in [-0.2, 0) is 14.3 Å². The minimum atomic E-state index is -0.569. The van der Waals surface area contributed by atoms with E-state index in [-0.39, 0.29) is 11.7 Å². The molecule has 0 bridgehead atoms. The number of hydrogen-bond donors (Lipinski definition) is 0. The van der Waals surface area contributed by atoms with E-state index in [1.54, 1.807) is 14.1 Å². The first-order valence-electron chi connectivity index (χ1n) is 6.26. The van der Waals surface area contributed by atoms with E-state index in [1.165, 1.54) is 11.0 Å². The van der Waals surface area contributed by atoms with Crippen molar-refractivity contribution in [1.82, 2.24) is 4.90 Å². The number of nitrogens with zero attached hydrogens (tertiary/aromatic N) is 1. The lowest BCUT2D eigenvalue weighted by molar-refractivity contribution is -0.130. The Kier molecular flexibility index (Phi) is 5.78. The van der Waals surface area contributed by atoms with Crippen LogP contribution in [0.1, 0.15) is 26.2 Å². The smallest absolute Gasteiger partial charge is 0.254 e. The second kappa shape index (κ2) is 7.11. The highest BCUT2D eigenvalue weighted by molar-refractivity contribution is 6.01. The summed E-state index contributed by atoms with van der Waals surface area (Å²) < 4.78 is 5.09. The van der Waals surface area contributed by atoms with Gasteiger partial charge in [0.25, 0.3) is 5.91 Å². The van der Waals surface area contributed by atoms with Crippen LogP contribution < -0.4 is 0 Å². The molecule has 1 saturated heterocycles. The second-order valence-electron chi connectivity index (χ2n) is 4.51. The zero-order valence-corrected chi connectivity index (χ0v) is 11.3. The number of ether oxygens (including phenoxy) is 1. The van der Waals surface area contributed by atoms with Crippen molar-refractivity contribution in [3.63, 3.8) is 0 Å². The van der Waals surface area contributed by atoms with Crippen LogP contribution in [0.4, 0.5) is 0 Å². The lowest BCUT2D eigenvalue weighted by Crippen LogP contribution is -2.28. The molecule has 0 aromatic heterocycles.